The minimum absolute atomic E-state index is 0.0337. The lowest BCUT2D eigenvalue weighted by molar-refractivity contribution is -0.140. The van der Waals surface area contributed by atoms with Crippen LogP contribution in [0.2, 0.25) is 0 Å². The number of carbonyl (C=O) groups is 3. The number of hydrogen-bond acceptors (Lipinski definition) is 5. The molecule has 1 aromatic rings. The maximum Gasteiger partial charge on any atom is 0.321 e. The van der Waals surface area contributed by atoms with Crippen molar-refractivity contribution in [1.82, 2.24) is 14.9 Å². The molecule has 1 unspecified atom stereocenters. The standard InChI is InChI=1S/C17H23N3O6S/c1-11(17(23)24)20(9-8-18-12(2)21)27(25,26)15-5-3-4-13(10-15)16(22)19-14-6-7-14/h3-5,10-11,14H,6-9H2,1-2H3,(H,18,21)(H,19,22)(H,23,24). The summed E-state index contributed by atoms with van der Waals surface area (Å²) in [5.41, 5.74) is 0.188. The summed E-state index contributed by atoms with van der Waals surface area (Å²) in [6, 6.07) is 4.26. The fourth-order valence-electron chi connectivity index (χ4n) is 2.42. The zero-order chi connectivity index (χ0) is 20.2. The fourth-order valence-corrected chi connectivity index (χ4v) is 4.05. The predicted octanol–water partition coefficient (Wildman–Crippen LogP) is 0.179. The third kappa shape index (κ3) is 5.51. The molecule has 2 amide bonds. The van der Waals surface area contributed by atoms with Gasteiger partial charge < -0.3 is 15.7 Å². The summed E-state index contributed by atoms with van der Waals surface area (Å²) in [6.45, 7) is 2.28. The molecule has 0 saturated heterocycles. The first-order valence-electron chi connectivity index (χ1n) is 8.53. The molecule has 2 rings (SSSR count). The summed E-state index contributed by atoms with van der Waals surface area (Å²) in [5, 5.41) is 14.5. The Balaban J connectivity index is 2.28. The van der Waals surface area contributed by atoms with Gasteiger partial charge in [-0.15, -0.1) is 0 Å². The van der Waals surface area contributed by atoms with E-state index in [1.807, 2.05) is 0 Å². The lowest BCUT2D eigenvalue weighted by Gasteiger charge is -2.26. The third-order valence-electron chi connectivity index (χ3n) is 4.11. The largest absolute Gasteiger partial charge is 0.480 e. The van der Waals surface area contributed by atoms with Crippen LogP contribution < -0.4 is 10.6 Å². The Morgan fingerprint density at radius 1 is 1.30 bits per heavy atom. The zero-order valence-electron chi connectivity index (χ0n) is 15.1. The number of aliphatic carboxylic acids is 1. The van der Waals surface area contributed by atoms with Gasteiger partial charge in [0.25, 0.3) is 5.91 Å². The predicted molar refractivity (Wildman–Crippen MR) is 96.6 cm³/mol. The number of carbonyl (C=O) groups excluding carboxylic acids is 2. The Kier molecular flexibility index (Phi) is 6.55. The van der Waals surface area contributed by atoms with E-state index in [0.717, 1.165) is 17.1 Å². The Labute approximate surface area is 157 Å². The first-order valence-corrected chi connectivity index (χ1v) is 9.97. The van der Waals surface area contributed by atoms with E-state index in [0.29, 0.717) is 0 Å². The Morgan fingerprint density at radius 3 is 2.52 bits per heavy atom. The van der Waals surface area contributed by atoms with Crippen molar-refractivity contribution in [2.75, 3.05) is 13.1 Å². The van der Waals surface area contributed by atoms with Crippen molar-refractivity contribution in [2.24, 2.45) is 0 Å². The molecule has 0 aliphatic heterocycles. The van der Waals surface area contributed by atoms with E-state index in [2.05, 4.69) is 10.6 Å². The molecule has 0 spiro atoms. The number of sulfonamides is 1. The van der Waals surface area contributed by atoms with Gasteiger partial charge in [0.15, 0.2) is 0 Å². The lowest BCUT2D eigenvalue weighted by Crippen LogP contribution is -2.46. The van der Waals surface area contributed by atoms with Crippen LogP contribution in [0, 0.1) is 0 Å². The highest BCUT2D eigenvalue weighted by Gasteiger charge is 2.33. The average Bonchev–Trinajstić information content (AvgIpc) is 3.41. The summed E-state index contributed by atoms with van der Waals surface area (Å²) >= 11 is 0. The molecule has 27 heavy (non-hydrogen) atoms. The van der Waals surface area contributed by atoms with Crippen LogP contribution in [0.25, 0.3) is 0 Å². The first kappa shape index (κ1) is 20.8. The molecule has 0 radical (unpaired) electrons. The Hall–Kier alpha value is -2.46. The van der Waals surface area contributed by atoms with Gasteiger partial charge in [0.1, 0.15) is 6.04 Å². The van der Waals surface area contributed by atoms with Crippen LogP contribution in [0.1, 0.15) is 37.0 Å². The highest BCUT2D eigenvalue weighted by molar-refractivity contribution is 7.89. The van der Waals surface area contributed by atoms with Crippen LogP contribution >= 0.6 is 0 Å². The molecule has 1 atom stereocenters. The third-order valence-corrected chi connectivity index (χ3v) is 6.08. The van der Waals surface area contributed by atoms with Gasteiger partial charge in [-0.25, -0.2) is 8.42 Å². The number of amides is 2. The molecule has 1 saturated carbocycles. The maximum absolute atomic E-state index is 13.0. The number of benzene rings is 1. The van der Waals surface area contributed by atoms with E-state index in [1.54, 1.807) is 0 Å². The SMILES string of the molecule is CC(=O)NCCN(C(C)C(=O)O)S(=O)(=O)c1cccc(C(=O)NC2CC2)c1. The number of nitrogens with one attached hydrogen (secondary N) is 2. The molecule has 0 heterocycles. The Morgan fingerprint density at radius 2 is 1.96 bits per heavy atom. The second-order valence-electron chi connectivity index (χ2n) is 6.39. The number of carboxylic acid groups (broad SMARTS) is 1. The van der Waals surface area contributed by atoms with E-state index in [1.165, 1.54) is 38.1 Å². The normalized spacial score (nSPS) is 15.2. The van der Waals surface area contributed by atoms with Gasteiger partial charge >= 0.3 is 5.97 Å². The lowest BCUT2D eigenvalue weighted by atomic mass is 10.2. The second-order valence-corrected chi connectivity index (χ2v) is 8.28. The van der Waals surface area contributed by atoms with Gasteiger partial charge in [0, 0.05) is 31.6 Å². The molecule has 9 nitrogen and oxygen atoms in total. The van der Waals surface area contributed by atoms with Crippen LogP contribution in [0.5, 0.6) is 0 Å². The summed E-state index contributed by atoms with van der Waals surface area (Å²) in [4.78, 5) is 34.4. The van der Waals surface area contributed by atoms with Crippen LogP contribution in [0.3, 0.4) is 0 Å². The van der Waals surface area contributed by atoms with Crippen molar-refractivity contribution in [3.8, 4) is 0 Å². The number of carboxylic acids is 1. The zero-order valence-corrected chi connectivity index (χ0v) is 16.0. The topological polar surface area (TPSA) is 133 Å². The van der Waals surface area contributed by atoms with Crippen molar-refractivity contribution in [3.63, 3.8) is 0 Å². The van der Waals surface area contributed by atoms with Crippen molar-refractivity contribution < 1.29 is 27.9 Å². The molecular formula is C17H23N3O6S. The first-order chi connectivity index (χ1) is 12.6. The van der Waals surface area contributed by atoms with Crippen LogP contribution in [-0.2, 0) is 19.6 Å². The molecule has 1 aliphatic rings. The van der Waals surface area contributed by atoms with E-state index in [9.17, 15) is 27.9 Å². The monoisotopic (exact) mass is 397 g/mol. The molecule has 1 aromatic carbocycles. The van der Waals surface area contributed by atoms with Gasteiger partial charge in [0.05, 0.1) is 4.90 Å². The molecule has 1 fully saturated rings. The van der Waals surface area contributed by atoms with Gasteiger partial charge in [-0.2, -0.15) is 4.31 Å². The van der Waals surface area contributed by atoms with Crippen molar-refractivity contribution in [3.05, 3.63) is 29.8 Å². The average molecular weight is 397 g/mol. The molecule has 1 aliphatic carbocycles. The van der Waals surface area contributed by atoms with E-state index in [-0.39, 0.29) is 41.4 Å². The van der Waals surface area contributed by atoms with Crippen LogP contribution in [-0.4, -0.2) is 60.8 Å². The van der Waals surface area contributed by atoms with Gasteiger partial charge in [-0.3, -0.25) is 14.4 Å². The highest BCUT2D eigenvalue weighted by atomic mass is 32.2. The van der Waals surface area contributed by atoms with Gasteiger partial charge in [-0.05, 0) is 38.0 Å². The quantitative estimate of drug-likeness (QED) is 0.544. The Bertz CT molecular complexity index is 835. The number of nitrogens with zero attached hydrogens (tertiary/aromatic N) is 1. The molecule has 3 N–H and O–H groups in total. The summed E-state index contributed by atoms with van der Waals surface area (Å²) < 4.78 is 26.8. The van der Waals surface area contributed by atoms with E-state index >= 15 is 0 Å². The minimum Gasteiger partial charge on any atom is -0.480 e. The van der Waals surface area contributed by atoms with Crippen molar-refractivity contribution in [2.45, 2.75) is 43.7 Å². The fraction of sp³-hybridized carbons (Fsp3) is 0.471. The van der Waals surface area contributed by atoms with Gasteiger partial charge in [-0.1, -0.05) is 6.07 Å². The molecule has 0 bridgehead atoms. The molecule has 10 heteroatoms. The minimum atomic E-state index is -4.19. The van der Waals surface area contributed by atoms with Crippen LogP contribution in [0.4, 0.5) is 0 Å². The van der Waals surface area contributed by atoms with E-state index in [4.69, 9.17) is 0 Å². The summed E-state index contributed by atoms with van der Waals surface area (Å²) in [5.74, 6) is -2.04. The number of rotatable bonds is 9. The summed E-state index contributed by atoms with van der Waals surface area (Å²) in [7, 11) is -4.19. The highest BCUT2D eigenvalue weighted by Crippen LogP contribution is 2.22. The number of hydrogen-bond donors (Lipinski definition) is 3. The maximum atomic E-state index is 13.0. The smallest absolute Gasteiger partial charge is 0.321 e. The van der Waals surface area contributed by atoms with Crippen molar-refractivity contribution in [1.29, 1.82) is 0 Å². The molecule has 148 valence electrons. The van der Waals surface area contributed by atoms with Crippen LogP contribution in [0.15, 0.2) is 29.2 Å². The van der Waals surface area contributed by atoms with Crippen molar-refractivity contribution >= 4 is 27.8 Å². The van der Waals surface area contributed by atoms with Gasteiger partial charge in [0.2, 0.25) is 15.9 Å². The van der Waals surface area contributed by atoms with E-state index < -0.39 is 22.0 Å². The molecular weight excluding hydrogens is 374 g/mol. The summed E-state index contributed by atoms with van der Waals surface area (Å²) in [6.07, 6.45) is 1.80. The molecule has 0 aromatic heterocycles. The second kappa shape index (κ2) is 8.49.